The lowest BCUT2D eigenvalue weighted by Crippen LogP contribution is -2.42. The zero-order valence-corrected chi connectivity index (χ0v) is 10.5. The van der Waals surface area contributed by atoms with Gasteiger partial charge in [-0.05, 0) is 12.5 Å². The lowest BCUT2D eigenvalue weighted by Gasteiger charge is -2.24. The number of amides is 2. The van der Waals surface area contributed by atoms with Crippen LogP contribution in [0.4, 0.5) is 0 Å². The van der Waals surface area contributed by atoms with Crippen LogP contribution in [-0.2, 0) is 9.59 Å². The van der Waals surface area contributed by atoms with E-state index < -0.39 is 11.8 Å². The number of carbonyl (C=O) groups excluding carboxylic acids is 2. The summed E-state index contributed by atoms with van der Waals surface area (Å²) in [5.41, 5.74) is 11.6. The second kappa shape index (κ2) is 6.76. The van der Waals surface area contributed by atoms with E-state index in [4.69, 9.17) is 11.5 Å². The van der Waals surface area contributed by atoms with Crippen LogP contribution in [0, 0.1) is 0 Å². The molecule has 1 unspecified atom stereocenters. The summed E-state index contributed by atoms with van der Waals surface area (Å²) in [7, 11) is 0. The van der Waals surface area contributed by atoms with Crippen molar-refractivity contribution in [3.8, 4) is 0 Å². The van der Waals surface area contributed by atoms with Gasteiger partial charge in [-0.25, -0.2) is 0 Å². The average Bonchev–Trinajstić information content (AvgIpc) is 2.37. The number of hydrogen-bond donors (Lipinski definition) is 2. The third-order valence-corrected chi connectivity index (χ3v) is 2.78. The molecule has 5 nitrogen and oxygen atoms in total. The normalized spacial score (nSPS) is 11.9. The predicted molar refractivity (Wildman–Crippen MR) is 69.7 cm³/mol. The number of carbonyl (C=O) groups is 2. The highest BCUT2D eigenvalue weighted by atomic mass is 16.2. The molecular formula is C13H19N3O2. The highest BCUT2D eigenvalue weighted by molar-refractivity contribution is 5.88. The predicted octanol–water partition coefficient (Wildman–Crippen LogP) is 0.0627. The minimum Gasteiger partial charge on any atom is -0.368 e. The average molecular weight is 249 g/mol. The molecular weight excluding hydrogens is 230 g/mol. The molecule has 0 bridgehead atoms. The fraction of sp³-hybridized carbons (Fsp3) is 0.385. The number of hydrogen-bond acceptors (Lipinski definition) is 3. The highest BCUT2D eigenvalue weighted by Gasteiger charge is 2.24. The molecule has 0 saturated carbocycles. The van der Waals surface area contributed by atoms with Gasteiger partial charge in [-0.3, -0.25) is 9.59 Å². The summed E-state index contributed by atoms with van der Waals surface area (Å²) in [6, 6.07) is 9.30. The summed E-state index contributed by atoms with van der Waals surface area (Å²) < 4.78 is 0. The molecule has 0 fully saturated rings. The Morgan fingerprint density at radius 1 is 1.28 bits per heavy atom. The molecule has 0 saturated heterocycles. The van der Waals surface area contributed by atoms with Crippen LogP contribution in [0.1, 0.15) is 18.4 Å². The Balaban J connectivity index is 2.87. The Morgan fingerprint density at radius 2 is 1.89 bits per heavy atom. The molecule has 0 aliphatic rings. The van der Waals surface area contributed by atoms with Gasteiger partial charge in [0.2, 0.25) is 11.8 Å². The van der Waals surface area contributed by atoms with Gasteiger partial charge in [0, 0.05) is 13.1 Å². The molecule has 0 radical (unpaired) electrons. The van der Waals surface area contributed by atoms with E-state index >= 15 is 0 Å². The fourth-order valence-electron chi connectivity index (χ4n) is 1.82. The van der Waals surface area contributed by atoms with E-state index in [0.29, 0.717) is 6.54 Å². The quantitative estimate of drug-likeness (QED) is 0.747. The van der Waals surface area contributed by atoms with Crippen LogP contribution in [0.25, 0.3) is 0 Å². The summed E-state index contributed by atoms with van der Waals surface area (Å²) >= 11 is 0. The van der Waals surface area contributed by atoms with Crippen molar-refractivity contribution >= 4 is 11.8 Å². The third kappa shape index (κ3) is 3.56. The van der Waals surface area contributed by atoms with Gasteiger partial charge in [0.25, 0.3) is 0 Å². The van der Waals surface area contributed by atoms with Crippen LogP contribution in [0.5, 0.6) is 0 Å². The molecule has 4 N–H and O–H groups in total. The van der Waals surface area contributed by atoms with Gasteiger partial charge in [-0.2, -0.15) is 0 Å². The van der Waals surface area contributed by atoms with E-state index in [9.17, 15) is 9.59 Å². The van der Waals surface area contributed by atoms with Crippen LogP contribution in [-0.4, -0.2) is 36.3 Å². The lowest BCUT2D eigenvalue weighted by molar-refractivity contribution is -0.136. The Bertz CT molecular complexity index is 406. The van der Waals surface area contributed by atoms with Gasteiger partial charge in [-0.1, -0.05) is 30.3 Å². The second-order valence-electron chi connectivity index (χ2n) is 4.02. The molecule has 0 spiro atoms. The van der Waals surface area contributed by atoms with Crippen LogP contribution in [0.3, 0.4) is 0 Å². The van der Waals surface area contributed by atoms with Crippen molar-refractivity contribution in [1.82, 2.24) is 4.90 Å². The van der Waals surface area contributed by atoms with Crippen LogP contribution < -0.4 is 11.5 Å². The topological polar surface area (TPSA) is 89.4 Å². The number of benzene rings is 1. The zero-order chi connectivity index (χ0) is 13.5. The summed E-state index contributed by atoms with van der Waals surface area (Å²) in [4.78, 5) is 24.6. The first-order valence-corrected chi connectivity index (χ1v) is 5.92. The first-order valence-electron chi connectivity index (χ1n) is 5.92. The molecule has 18 heavy (non-hydrogen) atoms. The molecule has 1 atom stereocenters. The van der Waals surface area contributed by atoms with Gasteiger partial charge >= 0.3 is 0 Å². The van der Waals surface area contributed by atoms with Crippen molar-refractivity contribution in [3.05, 3.63) is 35.9 Å². The van der Waals surface area contributed by atoms with Gasteiger partial charge in [0.15, 0.2) is 0 Å². The molecule has 1 rings (SSSR count). The van der Waals surface area contributed by atoms with Crippen molar-refractivity contribution in [2.75, 3.05) is 19.6 Å². The monoisotopic (exact) mass is 249 g/mol. The smallest absolute Gasteiger partial charge is 0.237 e. The summed E-state index contributed by atoms with van der Waals surface area (Å²) in [5, 5.41) is 0. The van der Waals surface area contributed by atoms with E-state index in [-0.39, 0.29) is 19.0 Å². The second-order valence-corrected chi connectivity index (χ2v) is 4.02. The maximum Gasteiger partial charge on any atom is 0.237 e. The van der Waals surface area contributed by atoms with Crippen molar-refractivity contribution in [3.63, 3.8) is 0 Å². The largest absolute Gasteiger partial charge is 0.368 e. The number of nitrogens with zero attached hydrogens (tertiary/aromatic N) is 1. The lowest BCUT2D eigenvalue weighted by atomic mass is 9.97. The molecule has 5 heteroatoms. The molecule has 1 aromatic rings. The molecule has 0 aliphatic carbocycles. The Hall–Kier alpha value is -1.88. The minimum absolute atomic E-state index is 0.0708. The molecule has 0 heterocycles. The Labute approximate surface area is 107 Å². The molecule has 1 aromatic carbocycles. The van der Waals surface area contributed by atoms with Crippen molar-refractivity contribution in [2.45, 2.75) is 12.8 Å². The van der Waals surface area contributed by atoms with E-state index in [2.05, 4.69) is 0 Å². The minimum atomic E-state index is -0.519. The van der Waals surface area contributed by atoms with Gasteiger partial charge in [-0.15, -0.1) is 0 Å². The number of nitrogens with two attached hydrogens (primary N) is 2. The van der Waals surface area contributed by atoms with Crippen molar-refractivity contribution in [1.29, 1.82) is 0 Å². The van der Waals surface area contributed by atoms with E-state index in [1.165, 1.54) is 4.90 Å². The SMILES string of the molecule is CCN(CC(N)=O)C(=O)C(CN)c1ccccc1. The molecule has 98 valence electrons. The maximum atomic E-state index is 12.3. The van der Waals surface area contributed by atoms with Crippen molar-refractivity contribution in [2.24, 2.45) is 11.5 Å². The number of likely N-dealkylation sites (N-methyl/N-ethyl adjacent to an activating group) is 1. The van der Waals surface area contributed by atoms with Gasteiger partial charge in [0.1, 0.15) is 0 Å². The molecule has 2 amide bonds. The first kappa shape index (κ1) is 14.2. The molecule has 0 aromatic heterocycles. The van der Waals surface area contributed by atoms with Gasteiger partial charge < -0.3 is 16.4 Å². The van der Waals surface area contributed by atoms with E-state index in [1.54, 1.807) is 6.92 Å². The summed E-state index contributed by atoms with van der Waals surface area (Å²) in [6.07, 6.45) is 0. The first-order chi connectivity index (χ1) is 8.60. The molecule has 0 aliphatic heterocycles. The van der Waals surface area contributed by atoms with Crippen LogP contribution in [0.15, 0.2) is 30.3 Å². The van der Waals surface area contributed by atoms with Gasteiger partial charge in [0.05, 0.1) is 12.5 Å². The van der Waals surface area contributed by atoms with Crippen LogP contribution in [0.2, 0.25) is 0 Å². The van der Waals surface area contributed by atoms with E-state index in [0.717, 1.165) is 5.56 Å². The van der Waals surface area contributed by atoms with Crippen molar-refractivity contribution < 1.29 is 9.59 Å². The summed E-state index contributed by atoms with van der Waals surface area (Å²) in [6.45, 7) is 2.38. The number of rotatable bonds is 6. The van der Waals surface area contributed by atoms with E-state index in [1.807, 2.05) is 30.3 Å². The zero-order valence-electron chi connectivity index (χ0n) is 10.5. The Morgan fingerprint density at radius 3 is 2.33 bits per heavy atom. The summed E-state index contributed by atoms with van der Waals surface area (Å²) in [5.74, 6) is -1.11. The fourth-order valence-corrected chi connectivity index (χ4v) is 1.82. The van der Waals surface area contributed by atoms with Crippen LogP contribution >= 0.6 is 0 Å². The maximum absolute atomic E-state index is 12.3. The Kier molecular flexibility index (Phi) is 5.32. The standard InChI is InChI=1S/C13H19N3O2/c1-2-16(9-12(15)17)13(18)11(8-14)10-6-4-3-5-7-10/h3-7,11H,2,8-9,14H2,1H3,(H2,15,17). The third-order valence-electron chi connectivity index (χ3n) is 2.78. The highest BCUT2D eigenvalue weighted by Crippen LogP contribution is 2.17. The number of primary amides is 1.